The minimum absolute atomic E-state index is 0.217. The number of benzene rings is 1. The number of aldehydes is 1. The van der Waals surface area contributed by atoms with Gasteiger partial charge in [-0.15, -0.1) is 11.6 Å². The average molecular weight is 257 g/mol. The number of hydrogen-bond donors (Lipinski definition) is 2. The predicted octanol–water partition coefficient (Wildman–Crippen LogP) is 1.67. The minimum atomic E-state index is -1.58. The second kappa shape index (κ2) is 6.37. The molecule has 0 aliphatic heterocycles. The number of aliphatic hydroxyl groups excluding tert-OH is 1. The van der Waals surface area contributed by atoms with E-state index in [1.54, 1.807) is 12.1 Å². The molecule has 0 bridgehead atoms. The van der Waals surface area contributed by atoms with Crippen molar-refractivity contribution in [3.63, 3.8) is 0 Å². The standard InChI is InChI=1S/C12H13ClO4/c13-7-8-3-1-4-10(11(15)12(16)17)9(8)5-2-6-14/h1,3-4,6,11,15H,2,5,7H2,(H,16,17). The van der Waals surface area contributed by atoms with Crippen LogP contribution in [-0.4, -0.2) is 22.5 Å². The van der Waals surface area contributed by atoms with Crippen molar-refractivity contribution < 1.29 is 19.8 Å². The Morgan fingerprint density at radius 3 is 2.71 bits per heavy atom. The van der Waals surface area contributed by atoms with E-state index in [0.717, 1.165) is 11.8 Å². The van der Waals surface area contributed by atoms with E-state index in [9.17, 15) is 14.7 Å². The molecule has 0 saturated carbocycles. The summed E-state index contributed by atoms with van der Waals surface area (Å²) in [5.74, 6) is -1.10. The maximum atomic E-state index is 10.8. The minimum Gasteiger partial charge on any atom is -0.479 e. The summed E-state index contributed by atoms with van der Waals surface area (Å²) < 4.78 is 0. The first kappa shape index (κ1) is 13.7. The highest BCUT2D eigenvalue weighted by Gasteiger charge is 2.20. The maximum absolute atomic E-state index is 10.8. The molecule has 17 heavy (non-hydrogen) atoms. The highest BCUT2D eigenvalue weighted by atomic mass is 35.5. The number of halogens is 1. The third-order valence-corrected chi connectivity index (χ3v) is 2.78. The van der Waals surface area contributed by atoms with Crippen molar-refractivity contribution in [2.24, 2.45) is 0 Å². The molecular weight excluding hydrogens is 244 g/mol. The van der Waals surface area contributed by atoms with E-state index in [2.05, 4.69) is 0 Å². The average Bonchev–Trinajstić information content (AvgIpc) is 2.34. The summed E-state index contributed by atoms with van der Waals surface area (Å²) in [5, 5.41) is 18.4. The van der Waals surface area contributed by atoms with Crippen molar-refractivity contribution in [3.05, 3.63) is 34.9 Å². The van der Waals surface area contributed by atoms with Gasteiger partial charge in [0.2, 0.25) is 0 Å². The van der Waals surface area contributed by atoms with Gasteiger partial charge in [0.1, 0.15) is 6.29 Å². The fourth-order valence-corrected chi connectivity index (χ4v) is 1.93. The molecule has 0 amide bonds. The summed E-state index contributed by atoms with van der Waals surface area (Å²) in [6.07, 6.45) is -0.179. The summed E-state index contributed by atoms with van der Waals surface area (Å²) in [6, 6.07) is 4.93. The molecule has 0 radical (unpaired) electrons. The molecule has 1 rings (SSSR count). The Morgan fingerprint density at radius 2 is 2.18 bits per heavy atom. The van der Waals surface area contributed by atoms with Crippen LogP contribution in [0.5, 0.6) is 0 Å². The third kappa shape index (κ3) is 3.28. The summed E-state index contributed by atoms with van der Waals surface area (Å²) in [4.78, 5) is 21.2. The van der Waals surface area contributed by atoms with Gasteiger partial charge in [0.05, 0.1) is 0 Å². The topological polar surface area (TPSA) is 74.6 Å². The van der Waals surface area contributed by atoms with Crippen LogP contribution in [0.25, 0.3) is 0 Å². The lowest BCUT2D eigenvalue weighted by atomic mass is 9.94. The van der Waals surface area contributed by atoms with Gasteiger partial charge in [-0.05, 0) is 23.1 Å². The Bertz CT molecular complexity index is 417. The number of aliphatic carboxylic acids is 1. The van der Waals surface area contributed by atoms with Crippen LogP contribution in [-0.2, 0) is 21.9 Å². The molecule has 5 heteroatoms. The van der Waals surface area contributed by atoms with Crippen molar-refractivity contribution in [2.75, 3.05) is 0 Å². The summed E-state index contributed by atoms with van der Waals surface area (Å²) >= 11 is 5.75. The zero-order valence-corrected chi connectivity index (χ0v) is 9.85. The zero-order chi connectivity index (χ0) is 12.8. The Kier molecular flexibility index (Phi) is 5.12. The molecule has 0 aliphatic rings. The van der Waals surface area contributed by atoms with Gasteiger partial charge in [-0.3, -0.25) is 0 Å². The number of aliphatic hydroxyl groups is 1. The molecule has 0 saturated heterocycles. The highest BCUT2D eigenvalue weighted by Crippen LogP contribution is 2.24. The van der Waals surface area contributed by atoms with E-state index in [-0.39, 0.29) is 12.3 Å². The van der Waals surface area contributed by atoms with E-state index in [0.29, 0.717) is 17.5 Å². The molecule has 0 aliphatic carbocycles. The second-order valence-electron chi connectivity index (χ2n) is 3.56. The lowest BCUT2D eigenvalue weighted by Crippen LogP contribution is -2.14. The molecule has 0 fully saturated rings. The molecular formula is C12H13ClO4. The fourth-order valence-electron chi connectivity index (χ4n) is 1.68. The molecule has 2 N–H and O–H groups in total. The van der Waals surface area contributed by atoms with Crippen molar-refractivity contribution in [3.8, 4) is 0 Å². The van der Waals surface area contributed by atoms with Gasteiger partial charge in [-0.1, -0.05) is 18.2 Å². The summed E-state index contributed by atoms with van der Waals surface area (Å²) in [6.45, 7) is 0. The number of carboxylic acids is 1. The summed E-state index contributed by atoms with van der Waals surface area (Å²) in [7, 11) is 0. The molecule has 0 aromatic heterocycles. The van der Waals surface area contributed by atoms with Gasteiger partial charge in [0, 0.05) is 12.3 Å². The number of alkyl halides is 1. The Morgan fingerprint density at radius 1 is 1.47 bits per heavy atom. The van der Waals surface area contributed by atoms with Crippen LogP contribution in [0.15, 0.2) is 18.2 Å². The van der Waals surface area contributed by atoms with Crippen LogP contribution in [0.3, 0.4) is 0 Å². The fraction of sp³-hybridized carbons (Fsp3) is 0.333. The predicted molar refractivity (Wildman–Crippen MR) is 63.0 cm³/mol. The van der Waals surface area contributed by atoms with E-state index < -0.39 is 12.1 Å². The Labute approximate surface area is 104 Å². The number of carbonyl (C=O) groups excluding carboxylic acids is 1. The SMILES string of the molecule is O=CCCc1c(CCl)cccc1C(O)C(=O)O. The van der Waals surface area contributed by atoms with Crippen molar-refractivity contribution in [1.29, 1.82) is 0 Å². The largest absolute Gasteiger partial charge is 0.479 e. The van der Waals surface area contributed by atoms with Crippen LogP contribution in [0.1, 0.15) is 29.2 Å². The quantitative estimate of drug-likeness (QED) is 0.600. The summed E-state index contributed by atoms with van der Waals surface area (Å²) in [5.41, 5.74) is 1.69. The van der Waals surface area contributed by atoms with Gasteiger partial charge in [-0.25, -0.2) is 4.79 Å². The van der Waals surface area contributed by atoms with E-state index in [4.69, 9.17) is 16.7 Å². The molecule has 1 aromatic carbocycles. The first-order valence-electron chi connectivity index (χ1n) is 5.13. The van der Waals surface area contributed by atoms with Crippen LogP contribution in [0.4, 0.5) is 0 Å². The number of rotatable bonds is 6. The molecule has 4 nitrogen and oxygen atoms in total. The van der Waals surface area contributed by atoms with Gasteiger partial charge < -0.3 is 15.0 Å². The molecule has 0 heterocycles. The second-order valence-corrected chi connectivity index (χ2v) is 3.83. The van der Waals surface area contributed by atoms with E-state index in [1.807, 2.05) is 0 Å². The first-order valence-corrected chi connectivity index (χ1v) is 5.66. The zero-order valence-electron chi connectivity index (χ0n) is 9.10. The number of carboxylic acid groups (broad SMARTS) is 1. The van der Waals surface area contributed by atoms with Crippen LogP contribution >= 0.6 is 11.6 Å². The third-order valence-electron chi connectivity index (χ3n) is 2.49. The van der Waals surface area contributed by atoms with Crippen LogP contribution in [0.2, 0.25) is 0 Å². The maximum Gasteiger partial charge on any atom is 0.337 e. The molecule has 1 atom stereocenters. The number of carbonyl (C=O) groups is 2. The van der Waals surface area contributed by atoms with Gasteiger partial charge in [0.15, 0.2) is 6.10 Å². The van der Waals surface area contributed by atoms with E-state index in [1.165, 1.54) is 6.07 Å². The van der Waals surface area contributed by atoms with Crippen molar-refractivity contribution >= 4 is 23.9 Å². The lowest BCUT2D eigenvalue weighted by molar-refractivity contribution is -0.147. The normalized spacial score (nSPS) is 12.1. The lowest BCUT2D eigenvalue weighted by Gasteiger charge is -2.14. The smallest absolute Gasteiger partial charge is 0.337 e. The van der Waals surface area contributed by atoms with Crippen LogP contribution < -0.4 is 0 Å². The Hall–Kier alpha value is -1.39. The van der Waals surface area contributed by atoms with Crippen LogP contribution in [0, 0.1) is 0 Å². The van der Waals surface area contributed by atoms with Crippen molar-refractivity contribution in [2.45, 2.75) is 24.8 Å². The first-order chi connectivity index (χ1) is 8.11. The van der Waals surface area contributed by atoms with Gasteiger partial charge >= 0.3 is 5.97 Å². The van der Waals surface area contributed by atoms with Gasteiger partial charge in [-0.2, -0.15) is 0 Å². The Balaban J connectivity index is 3.17. The molecule has 0 spiro atoms. The molecule has 1 aromatic rings. The highest BCUT2D eigenvalue weighted by molar-refractivity contribution is 6.17. The van der Waals surface area contributed by atoms with Crippen molar-refractivity contribution in [1.82, 2.24) is 0 Å². The van der Waals surface area contributed by atoms with E-state index >= 15 is 0 Å². The molecule has 92 valence electrons. The number of hydrogen-bond acceptors (Lipinski definition) is 3. The monoisotopic (exact) mass is 256 g/mol. The molecule has 1 unspecified atom stereocenters. The van der Waals surface area contributed by atoms with Gasteiger partial charge in [0.25, 0.3) is 0 Å².